The van der Waals surface area contributed by atoms with Gasteiger partial charge in [-0.2, -0.15) is 0 Å². The number of anilines is 3. The summed E-state index contributed by atoms with van der Waals surface area (Å²) < 4.78 is 31.6. The number of hydrogen-bond acceptors (Lipinski definition) is 6. The average Bonchev–Trinajstić information content (AvgIpc) is 2.93. The minimum Gasteiger partial charge on any atom is -0.494 e. The van der Waals surface area contributed by atoms with Gasteiger partial charge in [0.2, 0.25) is 21.8 Å². The molecule has 3 amide bonds. The van der Waals surface area contributed by atoms with Gasteiger partial charge in [0, 0.05) is 24.7 Å². The molecule has 0 aliphatic carbocycles. The van der Waals surface area contributed by atoms with Gasteiger partial charge in [-0.15, -0.1) is 0 Å². The molecule has 2 aliphatic heterocycles. The summed E-state index contributed by atoms with van der Waals surface area (Å²) in [5, 5.41) is 8.11. The zero-order valence-corrected chi connectivity index (χ0v) is 19.5. The molecule has 2 aromatic carbocycles. The van der Waals surface area contributed by atoms with Gasteiger partial charge in [-0.3, -0.25) is 18.7 Å². The van der Waals surface area contributed by atoms with Crippen molar-refractivity contribution in [1.82, 2.24) is 5.32 Å². The molecule has 3 N–H and O–H groups in total. The minimum atomic E-state index is -3.41. The highest BCUT2D eigenvalue weighted by atomic mass is 32.2. The van der Waals surface area contributed by atoms with Crippen LogP contribution in [-0.2, 0) is 19.6 Å². The highest BCUT2D eigenvalue weighted by Crippen LogP contribution is 2.35. The van der Waals surface area contributed by atoms with Crippen LogP contribution in [0.15, 0.2) is 42.5 Å². The molecular formula is C23H26N4O6S. The third kappa shape index (κ3) is 4.98. The van der Waals surface area contributed by atoms with E-state index in [2.05, 4.69) is 16.0 Å². The third-order valence-corrected chi connectivity index (χ3v) is 7.65. The van der Waals surface area contributed by atoms with Gasteiger partial charge in [-0.05, 0) is 43.5 Å². The van der Waals surface area contributed by atoms with Gasteiger partial charge in [0.1, 0.15) is 11.8 Å². The van der Waals surface area contributed by atoms with Crippen LogP contribution in [0.3, 0.4) is 0 Å². The number of hydrogen-bond donors (Lipinski definition) is 3. The first kappa shape index (κ1) is 23.6. The molecule has 2 aromatic rings. The first-order chi connectivity index (χ1) is 16.3. The van der Waals surface area contributed by atoms with E-state index in [1.54, 1.807) is 42.5 Å². The second kappa shape index (κ2) is 9.72. The lowest BCUT2D eigenvalue weighted by Crippen LogP contribution is -2.41. The number of fused-ring (bicyclic) bond motifs is 1. The molecule has 11 heteroatoms. The summed E-state index contributed by atoms with van der Waals surface area (Å²) >= 11 is 0. The van der Waals surface area contributed by atoms with Gasteiger partial charge in [-0.25, -0.2) is 8.42 Å². The lowest BCUT2D eigenvalue weighted by molar-refractivity contribution is -0.118. The van der Waals surface area contributed by atoms with E-state index in [1.165, 1.54) is 11.4 Å². The summed E-state index contributed by atoms with van der Waals surface area (Å²) in [4.78, 5) is 37.4. The van der Waals surface area contributed by atoms with Gasteiger partial charge in [0.15, 0.2) is 0 Å². The Morgan fingerprint density at radius 3 is 2.74 bits per heavy atom. The number of nitrogens with one attached hydrogen (secondary N) is 3. The van der Waals surface area contributed by atoms with Crippen LogP contribution >= 0.6 is 0 Å². The zero-order valence-electron chi connectivity index (χ0n) is 18.7. The second-order valence-corrected chi connectivity index (χ2v) is 10.1. The normalized spacial score (nSPS) is 19.3. The van der Waals surface area contributed by atoms with E-state index in [1.807, 2.05) is 0 Å². The van der Waals surface area contributed by atoms with Crippen LogP contribution in [0.25, 0.3) is 0 Å². The highest BCUT2D eigenvalue weighted by molar-refractivity contribution is 7.92. The average molecular weight is 487 g/mol. The number of para-hydroxylation sites is 1. The van der Waals surface area contributed by atoms with E-state index in [0.29, 0.717) is 41.3 Å². The Morgan fingerprint density at radius 1 is 1.18 bits per heavy atom. The van der Waals surface area contributed by atoms with Crippen molar-refractivity contribution >= 4 is 44.8 Å². The van der Waals surface area contributed by atoms with Crippen molar-refractivity contribution in [2.75, 3.05) is 34.3 Å². The van der Waals surface area contributed by atoms with E-state index in [4.69, 9.17) is 4.74 Å². The summed E-state index contributed by atoms with van der Waals surface area (Å²) in [7, 11) is -1.97. The van der Waals surface area contributed by atoms with Gasteiger partial charge < -0.3 is 20.7 Å². The highest BCUT2D eigenvalue weighted by Gasteiger charge is 2.29. The molecule has 0 unspecified atom stereocenters. The Morgan fingerprint density at radius 2 is 1.97 bits per heavy atom. The number of methoxy groups -OCH3 is 1. The Labute approximate surface area is 197 Å². The predicted molar refractivity (Wildman–Crippen MR) is 128 cm³/mol. The Hall–Kier alpha value is -3.60. The van der Waals surface area contributed by atoms with Crippen molar-refractivity contribution in [2.45, 2.75) is 31.7 Å². The monoisotopic (exact) mass is 486 g/mol. The van der Waals surface area contributed by atoms with Crippen LogP contribution < -0.4 is 25.0 Å². The molecule has 2 aliphatic rings. The summed E-state index contributed by atoms with van der Waals surface area (Å²) in [5.41, 5.74) is 1.66. The van der Waals surface area contributed by atoms with Crippen molar-refractivity contribution in [3.8, 4) is 5.75 Å². The Bertz CT molecular complexity index is 1230. The van der Waals surface area contributed by atoms with Gasteiger partial charge in [-0.1, -0.05) is 12.1 Å². The number of nitrogens with zero attached hydrogens (tertiary/aromatic N) is 1. The first-order valence-corrected chi connectivity index (χ1v) is 12.6. The van der Waals surface area contributed by atoms with Crippen molar-refractivity contribution in [3.05, 3.63) is 48.0 Å². The predicted octanol–water partition coefficient (Wildman–Crippen LogP) is 2.09. The molecule has 34 heavy (non-hydrogen) atoms. The Balaban J connectivity index is 1.39. The number of benzene rings is 2. The molecule has 0 bridgehead atoms. The summed E-state index contributed by atoms with van der Waals surface area (Å²) in [6.07, 6.45) is 1.48. The van der Waals surface area contributed by atoms with Crippen molar-refractivity contribution < 1.29 is 27.5 Å². The quantitative estimate of drug-likeness (QED) is 0.573. The molecule has 4 rings (SSSR count). The molecule has 0 spiro atoms. The SMILES string of the molecule is COc1cc(NC(=O)CC[C@H]2NC(=O)c3ccccc3NC2=O)ccc1N1CCCCS1(=O)=O. The lowest BCUT2D eigenvalue weighted by Gasteiger charge is -2.29. The fourth-order valence-corrected chi connectivity index (χ4v) is 5.68. The molecule has 10 nitrogen and oxygen atoms in total. The number of ether oxygens (including phenoxy) is 1. The van der Waals surface area contributed by atoms with Crippen LogP contribution in [0, 0.1) is 0 Å². The van der Waals surface area contributed by atoms with Crippen LogP contribution in [0.1, 0.15) is 36.0 Å². The molecule has 2 heterocycles. The topological polar surface area (TPSA) is 134 Å². The molecule has 180 valence electrons. The number of carbonyl (C=O) groups excluding carboxylic acids is 3. The summed E-state index contributed by atoms with van der Waals surface area (Å²) in [5.74, 6) is -0.710. The van der Waals surface area contributed by atoms with Gasteiger partial charge >= 0.3 is 0 Å². The summed E-state index contributed by atoms with van der Waals surface area (Å²) in [6, 6.07) is 10.6. The van der Waals surface area contributed by atoms with Crippen molar-refractivity contribution in [3.63, 3.8) is 0 Å². The largest absolute Gasteiger partial charge is 0.494 e. The molecule has 0 aromatic heterocycles. The van der Waals surface area contributed by atoms with Gasteiger partial charge in [0.05, 0.1) is 29.8 Å². The maximum atomic E-state index is 12.5. The standard InChI is InChI=1S/C23H26N4O6S/c1-33-20-14-15(8-10-19(20)27-12-4-5-13-34(27,31)32)24-21(28)11-9-18-23(30)25-17-7-3-2-6-16(17)22(29)26-18/h2-3,6-8,10,14,18H,4-5,9,11-13H2,1H3,(H,24,28)(H,25,30)(H,26,29)/t18-/m1/s1. The van der Waals surface area contributed by atoms with Crippen LogP contribution in [-0.4, -0.2) is 51.6 Å². The third-order valence-electron chi connectivity index (χ3n) is 5.79. The van der Waals surface area contributed by atoms with E-state index < -0.39 is 16.1 Å². The van der Waals surface area contributed by atoms with Gasteiger partial charge in [0.25, 0.3) is 5.91 Å². The van der Waals surface area contributed by atoms with Crippen LogP contribution in [0.4, 0.5) is 17.1 Å². The van der Waals surface area contributed by atoms with Crippen molar-refractivity contribution in [1.29, 1.82) is 0 Å². The first-order valence-electron chi connectivity index (χ1n) is 11.0. The fraction of sp³-hybridized carbons (Fsp3) is 0.348. The maximum Gasteiger partial charge on any atom is 0.254 e. The number of rotatable bonds is 6. The molecule has 1 saturated heterocycles. The smallest absolute Gasteiger partial charge is 0.254 e. The number of carbonyl (C=O) groups is 3. The minimum absolute atomic E-state index is 0.0146. The zero-order chi connectivity index (χ0) is 24.3. The van der Waals surface area contributed by atoms with E-state index >= 15 is 0 Å². The molecule has 1 atom stereocenters. The number of amides is 3. The van der Waals surface area contributed by atoms with E-state index in [-0.39, 0.29) is 36.3 Å². The molecular weight excluding hydrogens is 460 g/mol. The fourth-order valence-electron chi connectivity index (χ4n) is 4.03. The molecule has 0 saturated carbocycles. The van der Waals surface area contributed by atoms with Crippen LogP contribution in [0.2, 0.25) is 0 Å². The number of sulfonamides is 1. The van der Waals surface area contributed by atoms with E-state index in [0.717, 1.165) is 6.42 Å². The second-order valence-electron chi connectivity index (χ2n) is 8.13. The Kier molecular flexibility index (Phi) is 6.73. The maximum absolute atomic E-state index is 12.5. The molecule has 1 fully saturated rings. The van der Waals surface area contributed by atoms with Crippen LogP contribution in [0.5, 0.6) is 5.75 Å². The lowest BCUT2D eigenvalue weighted by atomic mass is 10.1. The summed E-state index contributed by atoms with van der Waals surface area (Å²) in [6.45, 7) is 0.378. The van der Waals surface area contributed by atoms with E-state index in [9.17, 15) is 22.8 Å². The molecule has 0 radical (unpaired) electrons. The van der Waals surface area contributed by atoms with Crippen molar-refractivity contribution in [2.24, 2.45) is 0 Å².